The Morgan fingerprint density at radius 2 is 1.86 bits per heavy atom. The van der Waals surface area contributed by atoms with Crippen LogP contribution in [-0.4, -0.2) is 8.42 Å². The van der Waals surface area contributed by atoms with E-state index in [1.807, 2.05) is 6.07 Å². The standard InChI is InChI=1S/C14H12BrFN2O2S/c15-13-6-11(16)2-4-14(13)18-21(19,20)12-3-1-9-7-17-8-10(9)5-12/h1-6,17-18H,7-8H2. The fourth-order valence-corrected chi connectivity index (χ4v) is 3.93. The number of anilines is 1. The lowest BCUT2D eigenvalue weighted by Crippen LogP contribution is -2.13. The molecule has 2 N–H and O–H groups in total. The molecular weight excluding hydrogens is 359 g/mol. The molecule has 21 heavy (non-hydrogen) atoms. The quantitative estimate of drug-likeness (QED) is 0.872. The molecule has 0 aromatic heterocycles. The van der Waals surface area contributed by atoms with Crippen molar-refractivity contribution >= 4 is 31.6 Å². The number of nitrogens with one attached hydrogen (secondary N) is 2. The fourth-order valence-electron chi connectivity index (χ4n) is 2.21. The van der Waals surface area contributed by atoms with Gasteiger partial charge in [-0.15, -0.1) is 0 Å². The Morgan fingerprint density at radius 1 is 1.10 bits per heavy atom. The summed E-state index contributed by atoms with van der Waals surface area (Å²) in [6.45, 7) is 1.42. The molecule has 0 fully saturated rings. The van der Waals surface area contributed by atoms with E-state index in [0.717, 1.165) is 17.7 Å². The second kappa shape index (κ2) is 5.40. The fraction of sp³-hybridized carbons (Fsp3) is 0.143. The minimum Gasteiger partial charge on any atom is -0.309 e. The number of rotatable bonds is 3. The Bertz CT molecular complexity index is 809. The molecule has 0 aliphatic carbocycles. The number of halogens is 2. The molecule has 3 rings (SSSR count). The van der Waals surface area contributed by atoms with Crippen LogP contribution in [-0.2, 0) is 23.1 Å². The summed E-state index contributed by atoms with van der Waals surface area (Å²) in [6, 6.07) is 8.84. The number of hydrogen-bond acceptors (Lipinski definition) is 3. The summed E-state index contributed by atoms with van der Waals surface area (Å²) in [5.41, 5.74) is 2.39. The van der Waals surface area contributed by atoms with E-state index in [-0.39, 0.29) is 4.90 Å². The number of benzene rings is 2. The van der Waals surface area contributed by atoms with Crippen molar-refractivity contribution in [3.8, 4) is 0 Å². The maximum Gasteiger partial charge on any atom is 0.261 e. The maximum absolute atomic E-state index is 13.0. The van der Waals surface area contributed by atoms with Gasteiger partial charge in [0.25, 0.3) is 10.0 Å². The Labute approximate surface area is 130 Å². The molecule has 2 aromatic rings. The molecule has 2 aromatic carbocycles. The molecule has 110 valence electrons. The second-order valence-electron chi connectivity index (χ2n) is 4.76. The van der Waals surface area contributed by atoms with Gasteiger partial charge in [0, 0.05) is 17.6 Å². The molecule has 1 aliphatic heterocycles. The third-order valence-corrected chi connectivity index (χ3v) is 5.31. The molecule has 0 bridgehead atoms. The molecule has 4 nitrogen and oxygen atoms in total. The zero-order valence-corrected chi connectivity index (χ0v) is 13.3. The second-order valence-corrected chi connectivity index (χ2v) is 7.30. The average Bonchev–Trinajstić information content (AvgIpc) is 2.89. The Kier molecular flexibility index (Phi) is 3.73. The smallest absolute Gasteiger partial charge is 0.261 e. The van der Waals surface area contributed by atoms with Crippen molar-refractivity contribution in [2.45, 2.75) is 18.0 Å². The van der Waals surface area contributed by atoms with Gasteiger partial charge in [0.1, 0.15) is 5.82 Å². The molecule has 7 heteroatoms. The first kappa shape index (κ1) is 14.5. The van der Waals surface area contributed by atoms with Crippen molar-refractivity contribution in [1.82, 2.24) is 5.32 Å². The Balaban J connectivity index is 1.93. The monoisotopic (exact) mass is 370 g/mol. The molecule has 0 radical (unpaired) electrons. The average molecular weight is 371 g/mol. The van der Waals surface area contributed by atoms with Crippen LogP contribution in [0.5, 0.6) is 0 Å². The lowest BCUT2D eigenvalue weighted by atomic mass is 10.1. The van der Waals surface area contributed by atoms with Crippen molar-refractivity contribution in [3.63, 3.8) is 0 Å². The third-order valence-electron chi connectivity index (χ3n) is 3.29. The summed E-state index contributed by atoms with van der Waals surface area (Å²) in [5.74, 6) is -0.437. The first-order chi connectivity index (χ1) is 9.95. The van der Waals surface area contributed by atoms with Crippen molar-refractivity contribution in [2.24, 2.45) is 0 Å². The largest absolute Gasteiger partial charge is 0.309 e. The van der Waals surface area contributed by atoms with E-state index in [2.05, 4.69) is 26.0 Å². The van der Waals surface area contributed by atoms with Crippen molar-refractivity contribution in [3.05, 3.63) is 57.8 Å². The van der Waals surface area contributed by atoms with E-state index in [9.17, 15) is 12.8 Å². The predicted octanol–water partition coefficient (Wildman–Crippen LogP) is 2.99. The maximum atomic E-state index is 13.0. The number of fused-ring (bicyclic) bond motifs is 1. The van der Waals surface area contributed by atoms with Crippen molar-refractivity contribution in [1.29, 1.82) is 0 Å². The van der Waals surface area contributed by atoms with Crippen molar-refractivity contribution in [2.75, 3.05) is 4.72 Å². The molecule has 0 saturated heterocycles. The van der Waals surface area contributed by atoms with Gasteiger partial charge in [-0.05, 0) is 57.4 Å². The summed E-state index contributed by atoms with van der Waals surface area (Å²) >= 11 is 3.15. The van der Waals surface area contributed by atoms with Gasteiger partial charge in [0.2, 0.25) is 0 Å². The van der Waals surface area contributed by atoms with Gasteiger partial charge in [-0.3, -0.25) is 4.72 Å². The van der Waals surface area contributed by atoms with Gasteiger partial charge in [-0.25, -0.2) is 12.8 Å². The van der Waals surface area contributed by atoms with Crippen LogP contribution in [0.2, 0.25) is 0 Å². The van der Waals surface area contributed by atoms with E-state index >= 15 is 0 Å². The van der Waals surface area contributed by atoms with Crippen LogP contribution in [0, 0.1) is 5.82 Å². The highest BCUT2D eigenvalue weighted by Crippen LogP contribution is 2.27. The van der Waals surface area contributed by atoms with Crippen LogP contribution in [0.3, 0.4) is 0 Å². The molecule has 0 amide bonds. The molecule has 1 aliphatic rings. The zero-order chi connectivity index (χ0) is 15.0. The topological polar surface area (TPSA) is 58.2 Å². The lowest BCUT2D eigenvalue weighted by molar-refractivity contribution is 0.600. The van der Waals surface area contributed by atoms with Gasteiger partial charge in [0.05, 0.1) is 10.6 Å². The van der Waals surface area contributed by atoms with Crippen LogP contribution in [0.4, 0.5) is 10.1 Å². The summed E-state index contributed by atoms with van der Waals surface area (Å²) < 4.78 is 40.6. The normalized spacial score (nSPS) is 14.0. The van der Waals surface area contributed by atoms with Gasteiger partial charge < -0.3 is 5.32 Å². The van der Waals surface area contributed by atoms with Crippen molar-refractivity contribution < 1.29 is 12.8 Å². The van der Waals surface area contributed by atoms with Crippen LogP contribution in [0.1, 0.15) is 11.1 Å². The van der Waals surface area contributed by atoms with Crippen LogP contribution in [0.15, 0.2) is 45.8 Å². The molecule has 0 atom stereocenters. The van der Waals surface area contributed by atoms with Gasteiger partial charge >= 0.3 is 0 Å². The summed E-state index contributed by atoms with van der Waals surface area (Å²) in [4.78, 5) is 0.196. The highest BCUT2D eigenvalue weighted by molar-refractivity contribution is 9.10. The third kappa shape index (κ3) is 2.95. The first-order valence-electron chi connectivity index (χ1n) is 6.26. The number of hydrogen-bond donors (Lipinski definition) is 2. The van der Waals surface area contributed by atoms with E-state index in [4.69, 9.17) is 0 Å². The molecule has 1 heterocycles. The van der Waals surface area contributed by atoms with Gasteiger partial charge in [-0.2, -0.15) is 0 Å². The molecule has 0 saturated carbocycles. The minimum atomic E-state index is -3.70. The van der Waals surface area contributed by atoms with Gasteiger partial charge in [0.15, 0.2) is 0 Å². The molecular formula is C14H12BrFN2O2S. The van der Waals surface area contributed by atoms with Gasteiger partial charge in [-0.1, -0.05) is 6.07 Å². The molecule has 0 spiro atoms. The Hall–Kier alpha value is -1.44. The first-order valence-corrected chi connectivity index (χ1v) is 8.54. The van der Waals surface area contributed by atoms with E-state index in [0.29, 0.717) is 16.7 Å². The summed E-state index contributed by atoms with van der Waals surface area (Å²) in [6.07, 6.45) is 0. The number of sulfonamides is 1. The Morgan fingerprint density at radius 3 is 2.62 bits per heavy atom. The minimum absolute atomic E-state index is 0.196. The highest BCUT2D eigenvalue weighted by Gasteiger charge is 2.19. The molecule has 0 unspecified atom stereocenters. The summed E-state index contributed by atoms with van der Waals surface area (Å²) in [7, 11) is -3.70. The summed E-state index contributed by atoms with van der Waals surface area (Å²) in [5, 5.41) is 3.17. The lowest BCUT2D eigenvalue weighted by Gasteiger charge is -2.11. The van der Waals surface area contributed by atoms with Crippen LogP contribution >= 0.6 is 15.9 Å². The SMILES string of the molecule is O=S(=O)(Nc1ccc(F)cc1Br)c1ccc2c(c1)CNC2. The predicted molar refractivity (Wildman–Crippen MR) is 81.9 cm³/mol. The van der Waals surface area contributed by atoms with E-state index in [1.165, 1.54) is 18.2 Å². The zero-order valence-electron chi connectivity index (χ0n) is 10.9. The van der Waals surface area contributed by atoms with Crippen LogP contribution < -0.4 is 10.0 Å². The highest BCUT2D eigenvalue weighted by atomic mass is 79.9. The van der Waals surface area contributed by atoms with E-state index < -0.39 is 15.8 Å². The van der Waals surface area contributed by atoms with E-state index in [1.54, 1.807) is 12.1 Å². The van der Waals surface area contributed by atoms with Crippen LogP contribution in [0.25, 0.3) is 0 Å².